The van der Waals surface area contributed by atoms with Gasteiger partial charge in [-0.2, -0.15) is 13.2 Å². The molecule has 2 rings (SSSR count). The topological polar surface area (TPSA) is 112 Å². The quantitative estimate of drug-likeness (QED) is 0.723. The van der Waals surface area contributed by atoms with Crippen molar-refractivity contribution < 1.29 is 27.4 Å². The van der Waals surface area contributed by atoms with E-state index in [0.29, 0.717) is 0 Å². The van der Waals surface area contributed by atoms with E-state index in [1.54, 1.807) is 20.8 Å². The number of alkyl halides is 3. The Labute approximate surface area is 153 Å². The van der Waals surface area contributed by atoms with Crippen LogP contribution in [0.4, 0.5) is 35.2 Å². The number of rotatable bonds is 3. The minimum Gasteiger partial charge on any atom is -0.455 e. The maximum atomic E-state index is 13.4. The summed E-state index contributed by atoms with van der Waals surface area (Å²) in [5.74, 6) is -0.0930. The highest BCUT2D eigenvalue weighted by Gasteiger charge is 2.35. The van der Waals surface area contributed by atoms with Crippen LogP contribution in [0, 0.1) is 0 Å². The van der Waals surface area contributed by atoms with Crippen LogP contribution in [-0.2, 0) is 10.9 Å². The summed E-state index contributed by atoms with van der Waals surface area (Å²) >= 11 is 0. The summed E-state index contributed by atoms with van der Waals surface area (Å²) in [7, 11) is 0. The van der Waals surface area contributed by atoms with Gasteiger partial charge in [0.2, 0.25) is 0 Å². The summed E-state index contributed by atoms with van der Waals surface area (Å²) in [5.41, 5.74) is 8.82. The molecular weight excluding hydrogens is 365 g/mol. The summed E-state index contributed by atoms with van der Waals surface area (Å²) in [6.07, 6.45) is -4.44. The van der Waals surface area contributed by atoms with Gasteiger partial charge < -0.3 is 20.9 Å². The van der Waals surface area contributed by atoms with E-state index >= 15 is 0 Å². The van der Waals surface area contributed by atoms with Gasteiger partial charge in [-0.1, -0.05) is 0 Å². The first-order chi connectivity index (χ1) is 12.4. The summed E-state index contributed by atoms with van der Waals surface area (Å²) in [6, 6.07) is 4.41. The van der Waals surface area contributed by atoms with Crippen LogP contribution >= 0.6 is 0 Å². The molecule has 0 aliphatic heterocycles. The van der Waals surface area contributed by atoms with E-state index in [0.717, 1.165) is 12.1 Å². The first-order valence-corrected chi connectivity index (χ1v) is 7.76. The second kappa shape index (κ2) is 7.22. The van der Waals surface area contributed by atoms with Crippen molar-refractivity contribution in [2.75, 3.05) is 16.8 Å². The predicted molar refractivity (Wildman–Crippen MR) is 94.4 cm³/mol. The van der Waals surface area contributed by atoms with Crippen LogP contribution in [0.1, 0.15) is 26.3 Å². The fraction of sp³-hybridized carbons (Fsp3) is 0.294. The van der Waals surface area contributed by atoms with Crippen LogP contribution in [0.25, 0.3) is 0 Å². The number of nitrogens with two attached hydrogens (primary N) is 2. The Morgan fingerprint density at radius 2 is 1.81 bits per heavy atom. The highest BCUT2D eigenvalue weighted by atomic mass is 19.4. The number of nitrogen functional groups attached to an aromatic ring is 2. The van der Waals surface area contributed by atoms with Gasteiger partial charge in [-0.05, 0) is 39.0 Å². The van der Waals surface area contributed by atoms with Crippen molar-refractivity contribution in [2.45, 2.75) is 32.5 Å². The minimum atomic E-state index is -4.74. The van der Waals surface area contributed by atoms with Crippen molar-refractivity contribution >= 4 is 23.3 Å². The standard InChI is InChI=1S/C17H19F3N4O3/c1-16(2,3)27-15(25)24-11-5-4-9(8-10(11)17(18,19)20)26-12-6-7-23-14(22)13(12)21/h4-8H,21H2,1-3H3,(H2,22,23)(H,24,25). The smallest absolute Gasteiger partial charge is 0.418 e. The second-order valence-electron chi connectivity index (χ2n) is 6.54. The summed E-state index contributed by atoms with van der Waals surface area (Å²) < 4.78 is 50.5. The molecule has 0 saturated carbocycles. The zero-order chi connectivity index (χ0) is 20.4. The highest BCUT2D eigenvalue weighted by Crippen LogP contribution is 2.39. The number of anilines is 3. The van der Waals surface area contributed by atoms with Crippen molar-refractivity contribution in [1.29, 1.82) is 0 Å². The molecule has 1 amide bonds. The minimum absolute atomic E-state index is 0.00187. The molecule has 0 bridgehead atoms. The maximum Gasteiger partial charge on any atom is 0.418 e. The predicted octanol–water partition coefficient (Wildman–Crippen LogP) is 4.40. The van der Waals surface area contributed by atoms with E-state index in [1.165, 1.54) is 18.3 Å². The van der Waals surface area contributed by atoms with Crippen molar-refractivity contribution in [3.05, 3.63) is 36.0 Å². The van der Waals surface area contributed by atoms with Crippen LogP contribution in [0.5, 0.6) is 11.5 Å². The van der Waals surface area contributed by atoms with Gasteiger partial charge in [0, 0.05) is 12.3 Å². The fourth-order valence-corrected chi connectivity index (χ4v) is 2.03. The van der Waals surface area contributed by atoms with Gasteiger partial charge in [0.15, 0.2) is 5.75 Å². The molecule has 0 fully saturated rings. The SMILES string of the molecule is CC(C)(C)OC(=O)Nc1ccc(Oc2ccnc(N)c2N)cc1C(F)(F)F. The molecule has 0 spiro atoms. The summed E-state index contributed by atoms with van der Waals surface area (Å²) in [4.78, 5) is 15.5. The number of halogens is 3. The molecule has 1 heterocycles. The Bertz CT molecular complexity index is 848. The molecule has 0 aliphatic rings. The van der Waals surface area contributed by atoms with Crippen molar-refractivity contribution in [3.8, 4) is 11.5 Å². The lowest BCUT2D eigenvalue weighted by Crippen LogP contribution is -2.28. The molecule has 0 saturated heterocycles. The van der Waals surface area contributed by atoms with Crippen LogP contribution < -0.4 is 21.5 Å². The number of nitrogens with one attached hydrogen (secondary N) is 1. The lowest BCUT2D eigenvalue weighted by molar-refractivity contribution is -0.137. The largest absolute Gasteiger partial charge is 0.455 e. The maximum absolute atomic E-state index is 13.4. The number of pyridine rings is 1. The molecule has 2 aromatic rings. The third-order valence-corrected chi connectivity index (χ3v) is 3.14. The number of hydrogen-bond acceptors (Lipinski definition) is 6. The van der Waals surface area contributed by atoms with Gasteiger partial charge in [-0.3, -0.25) is 5.32 Å². The number of carbonyl (C=O) groups is 1. The van der Waals surface area contributed by atoms with Crippen molar-refractivity contribution in [3.63, 3.8) is 0 Å². The summed E-state index contributed by atoms with van der Waals surface area (Å²) in [5, 5.41) is 2.09. The molecular formula is C17H19F3N4O3. The second-order valence-corrected chi connectivity index (χ2v) is 6.54. The number of benzene rings is 1. The zero-order valence-electron chi connectivity index (χ0n) is 14.8. The molecule has 0 atom stereocenters. The van der Waals surface area contributed by atoms with E-state index in [4.69, 9.17) is 20.9 Å². The third-order valence-electron chi connectivity index (χ3n) is 3.14. The fourth-order valence-electron chi connectivity index (χ4n) is 2.03. The Balaban J connectivity index is 2.33. The van der Waals surface area contributed by atoms with Crippen LogP contribution in [0.3, 0.4) is 0 Å². The molecule has 27 heavy (non-hydrogen) atoms. The van der Waals surface area contributed by atoms with Crippen LogP contribution in [0.15, 0.2) is 30.5 Å². The first kappa shape index (κ1) is 20.1. The number of aromatic nitrogens is 1. The molecule has 146 valence electrons. The molecule has 0 radical (unpaired) electrons. The van der Waals surface area contributed by atoms with E-state index in [9.17, 15) is 18.0 Å². The molecule has 10 heteroatoms. The number of amides is 1. The molecule has 7 nitrogen and oxygen atoms in total. The molecule has 0 unspecified atom stereocenters. The number of nitrogens with zero attached hydrogens (tertiary/aromatic N) is 1. The summed E-state index contributed by atoms with van der Waals surface area (Å²) in [6.45, 7) is 4.79. The van der Waals surface area contributed by atoms with Gasteiger partial charge in [0.25, 0.3) is 0 Å². The van der Waals surface area contributed by atoms with Gasteiger partial charge >= 0.3 is 12.3 Å². The average molecular weight is 384 g/mol. The average Bonchev–Trinajstić information content (AvgIpc) is 2.50. The Morgan fingerprint density at radius 3 is 2.41 bits per heavy atom. The number of carbonyl (C=O) groups excluding carboxylic acids is 1. The molecule has 0 aliphatic carbocycles. The van der Waals surface area contributed by atoms with Gasteiger partial charge in [0.05, 0.1) is 11.3 Å². The lowest BCUT2D eigenvalue weighted by Gasteiger charge is -2.21. The monoisotopic (exact) mass is 384 g/mol. The van der Waals surface area contributed by atoms with Crippen LogP contribution in [-0.4, -0.2) is 16.7 Å². The van der Waals surface area contributed by atoms with Crippen molar-refractivity contribution in [2.24, 2.45) is 0 Å². The van der Waals surface area contributed by atoms with E-state index in [-0.39, 0.29) is 23.0 Å². The van der Waals surface area contributed by atoms with Gasteiger partial charge in [-0.25, -0.2) is 9.78 Å². The number of ether oxygens (including phenoxy) is 2. The normalized spacial score (nSPS) is 11.8. The van der Waals surface area contributed by atoms with Gasteiger partial charge in [0.1, 0.15) is 22.9 Å². The Hall–Kier alpha value is -3.17. The van der Waals surface area contributed by atoms with E-state index in [2.05, 4.69) is 10.3 Å². The first-order valence-electron chi connectivity index (χ1n) is 7.76. The highest BCUT2D eigenvalue weighted by molar-refractivity contribution is 5.86. The van der Waals surface area contributed by atoms with Crippen LogP contribution in [0.2, 0.25) is 0 Å². The molecule has 1 aromatic carbocycles. The third kappa shape index (κ3) is 5.40. The van der Waals surface area contributed by atoms with Gasteiger partial charge in [-0.15, -0.1) is 0 Å². The zero-order valence-corrected chi connectivity index (χ0v) is 14.8. The van der Waals surface area contributed by atoms with E-state index < -0.39 is 29.1 Å². The number of hydrogen-bond donors (Lipinski definition) is 3. The molecule has 1 aromatic heterocycles. The van der Waals surface area contributed by atoms with Crippen molar-refractivity contribution in [1.82, 2.24) is 4.98 Å². The van der Waals surface area contributed by atoms with E-state index in [1.807, 2.05) is 0 Å². The Kier molecular flexibility index (Phi) is 5.38. The lowest BCUT2D eigenvalue weighted by atomic mass is 10.1. The Morgan fingerprint density at radius 1 is 1.15 bits per heavy atom. The molecule has 5 N–H and O–H groups in total.